The first kappa shape index (κ1) is 15.2. The molecule has 0 saturated carbocycles. The van der Waals surface area contributed by atoms with Gasteiger partial charge in [-0.15, -0.1) is 0 Å². The van der Waals surface area contributed by atoms with Crippen LogP contribution in [0, 0.1) is 0 Å². The predicted octanol–water partition coefficient (Wildman–Crippen LogP) is 2.19. The number of fused-ring (bicyclic) bond motifs is 1. The van der Waals surface area contributed by atoms with Gasteiger partial charge in [0.15, 0.2) is 5.69 Å². The molecule has 2 rings (SSSR count). The molecule has 0 radical (unpaired) electrons. The van der Waals surface area contributed by atoms with Gasteiger partial charge < -0.3 is 4.90 Å². The highest BCUT2D eigenvalue weighted by Gasteiger charge is 2.23. The molecule has 5 heteroatoms. The Morgan fingerprint density at radius 2 is 2.00 bits per heavy atom. The summed E-state index contributed by atoms with van der Waals surface area (Å²) in [5.74, 6) is -0.293. The molecule has 0 spiro atoms. The molecule has 0 fully saturated rings. The molecule has 0 saturated heterocycles. The summed E-state index contributed by atoms with van der Waals surface area (Å²) in [6.45, 7) is 6.51. The first-order valence-corrected chi connectivity index (χ1v) is 7.24. The van der Waals surface area contributed by atoms with Crippen LogP contribution >= 0.6 is 0 Å². The molecular formula is C16H21N3O2. The molecule has 0 aliphatic rings. The smallest absolute Gasteiger partial charge is 0.278 e. The molecule has 0 N–H and O–H groups in total. The minimum absolute atomic E-state index is 0.00153. The van der Waals surface area contributed by atoms with E-state index in [2.05, 4.69) is 5.10 Å². The standard InChI is InChI=1S/C16H21N3O2/c1-5-10-19(11(2)3)16(21)14-15(20)12-8-6-7-9-13(12)18(4)17-14/h6-9,11H,5,10H2,1-4H3. The zero-order valence-corrected chi connectivity index (χ0v) is 13.0. The highest BCUT2D eigenvalue weighted by atomic mass is 16.2. The Labute approximate surface area is 124 Å². The average Bonchev–Trinajstić information content (AvgIpc) is 2.47. The van der Waals surface area contributed by atoms with E-state index < -0.39 is 0 Å². The van der Waals surface area contributed by atoms with Crippen molar-refractivity contribution in [1.29, 1.82) is 0 Å². The minimum Gasteiger partial charge on any atom is -0.335 e. The van der Waals surface area contributed by atoms with Crippen LogP contribution in [-0.2, 0) is 7.05 Å². The Hall–Kier alpha value is -2.17. The third-order valence-corrected chi connectivity index (χ3v) is 3.51. The normalized spacial score (nSPS) is 11.1. The maximum absolute atomic E-state index is 12.6. The number of rotatable bonds is 4. The molecule has 1 aromatic carbocycles. The number of nitrogens with zero attached hydrogens (tertiary/aromatic N) is 3. The Balaban J connectivity index is 2.59. The minimum atomic E-state index is -0.296. The van der Waals surface area contributed by atoms with Crippen LogP contribution in [0.4, 0.5) is 0 Å². The maximum atomic E-state index is 12.6. The van der Waals surface area contributed by atoms with Gasteiger partial charge in [0.05, 0.1) is 5.52 Å². The zero-order valence-electron chi connectivity index (χ0n) is 13.0. The number of para-hydroxylation sites is 1. The van der Waals surface area contributed by atoms with Gasteiger partial charge in [0, 0.05) is 25.0 Å². The summed E-state index contributed by atoms with van der Waals surface area (Å²) in [7, 11) is 1.75. The zero-order chi connectivity index (χ0) is 15.6. The van der Waals surface area contributed by atoms with Crippen LogP contribution in [0.3, 0.4) is 0 Å². The average molecular weight is 287 g/mol. The Bertz CT molecular complexity index is 719. The van der Waals surface area contributed by atoms with Gasteiger partial charge in [0.1, 0.15) is 0 Å². The van der Waals surface area contributed by atoms with E-state index in [1.807, 2.05) is 32.9 Å². The van der Waals surface area contributed by atoms with Gasteiger partial charge in [-0.05, 0) is 32.4 Å². The molecule has 1 heterocycles. The van der Waals surface area contributed by atoms with Crippen molar-refractivity contribution >= 4 is 16.8 Å². The van der Waals surface area contributed by atoms with Crippen LogP contribution in [0.2, 0.25) is 0 Å². The molecular weight excluding hydrogens is 266 g/mol. The largest absolute Gasteiger partial charge is 0.335 e. The van der Waals surface area contributed by atoms with Crippen molar-refractivity contribution in [3.05, 3.63) is 40.2 Å². The monoisotopic (exact) mass is 287 g/mol. The third kappa shape index (κ3) is 2.82. The van der Waals surface area contributed by atoms with Crippen molar-refractivity contribution < 1.29 is 4.79 Å². The summed E-state index contributed by atoms with van der Waals surface area (Å²) in [4.78, 5) is 26.9. The second kappa shape index (κ2) is 6.08. The number of amides is 1. The van der Waals surface area contributed by atoms with Crippen molar-refractivity contribution in [3.63, 3.8) is 0 Å². The summed E-state index contributed by atoms with van der Waals surface area (Å²) in [5.41, 5.74) is 0.430. The van der Waals surface area contributed by atoms with Crippen molar-refractivity contribution in [2.45, 2.75) is 33.2 Å². The lowest BCUT2D eigenvalue weighted by Gasteiger charge is -2.25. The molecule has 21 heavy (non-hydrogen) atoms. The van der Waals surface area contributed by atoms with Crippen molar-refractivity contribution in [1.82, 2.24) is 14.7 Å². The van der Waals surface area contributed by atoms with E-state index in [0.717, 1.165) is 11.9 Å². The highest BCUT2D eigenvalue weighted by Crippen LogP contribution is 2.10. The lowest BCUT2D eigenvalue weighted by Crippen LogP contribution is -2.41. The fourth-order valence-corrected chi connectivity index (χ4v) is 2.44. The molecule has 0 aliphatic carbocycles. The molecule has 1 amide bonds. The van der Waals surface area contributed by atoms with Crippen molar-refractivity contribution in [2.75, 3.05) is 6.54 Å². The molecule has 0 aliphatic heterocycles. The van der Waals surface area contributed by atoms with Crippen LogP contribution in [-0.4, -0.2) is 33.2 Å². The Kier molecular flexibility index (Phi) is 4.40. The number of aromatic nitrogens is 2. The number of carbonyl (C=O) groups is 1. The van der Waals surface area contributed by atoms with Gasteiger partial charge in [-0.2, -0.15) is 5.10 Å². The van der Waals surface area contributed by atoms with Gasteiger partial charge in [-0.25, -0.2) is 0 Å². The van der Waals surface area contributed by atoms with E-state index in [0.29, 0.717) is 11.9 Å². The number of benzene rings is 1. The third-order valence-electron chi connectivity index (χ3n) is 3.51. The Morgan fingerprint density at radius 3 is 2.62 bits per heavy atom. The molecule has 0 atom stereocenters. The van der Waals surface area contributed by atoms with E-state index in [-0.39, 0.29) is 23.1 Å². The number of hydrogen-bond acceptors (Lipinski definition) is 3. The second-order valence-corrected chi connectivity index (χ2v) is 5.41. The van der Waals surface area contributed by atoms with Crippen LogP contribution in [0.15, 0.2) is 29.1 Å². The molecule has 5 nitrogen and oxygen atoms in total. The van der Waals surface area contributed by atoms with Gasteiger partial charge in [0.2, 0.25) is 5.43 Å². The Morgan fingerprint density at radius 1 is 1.33 bits per heavy atom. The number of aryl methyl sites for hydroxylation is 1. The molecule has 0 unspecified atom stereocenters. The topological polar surface area (TPSA) is 55.2 Å². The molecule has 0 bridgehead atoms. The van der Waals surface area contributed by atoms with Crippen molar-refractivity contribution in [3.8, 4) is 0 Å². The highest BCUT2D eigenvalue weighted by molar-refractivity contribution is 5.95. The van der Waals surface area contributed by atoms with Gasteiger partial charge in [0.25, 0.3) is 5.91 Å². The van der Waals surface area contributed by atoms with Crippen LogP contribution in [0.1, 0.15) is 37.7 Å². The maximum Gasteiger partial charge on any atom is 0.278 e. The predicted molar refractivity (Wildman–Crippen MR) is 83.4 cm³/mol. The SMILES string of the molecule is CCCN(C(=O)c1nn(C)c2ccccc2c1=O)C(C)C. The van der Waals surface area contributed by atoms with E-state index in [1.54, 1.807) is 28.8 Å². The van der Waals surface area contributed by atoms with Gasteiger partial charge in [-0.3, -0.25) is 14.3 Å². The van der Waals surface area contributed by atoms with E-state index in [4.69, 9.17) is 0 Å². The number of carbonyl (C=O) groups excluding carboxylic acids is 1. The van der Waals surface area contributed by atoms with Crippen LogP contribution < -0.4 is 5.43 Å². The first-order valence-electron chi connectivity index (χ1n) is 7.24. The van der Waals surface area contributed by atoms with E-state index in [1.165, 1.54) is 0 Å². The van der Waals surface area contributed by atoms with E-state index in [9.17, 15) is 9.59 Å². The van der Waals surface area contributed by atoms with Gasteiger partial charge in [-0.1, -0.05) is 19.1 Å². The first-order chi connectivity index (χ1) is 9.97. The van der Waals surface area contributed by atoms with Crippen LogP contribution in [0.25, 0.3) is 10.9 Å². The summed E-state index contributed by atoms with van der Waals surface area (Å²) in [5, 5.41) is 4.73. The fraction of sp³-hybridized carbons (Fsp3) is 0.438. The lowest BCUT2D eigenvalue weighted by atomic mass is 10.1. The van der Waals surface area contributed by atoms with E-state index >= 15 is 0 Å². The van der Waals surface area contributed by atoms with Crippen molar-refractivity contribution in [2.24, 2.45) is 7.05 Å². The van der Waals surface area contributed by atoms with Gasteiger partial charge >= 0.3 is 0 Å². The summed E-state index contributed by atoms with van der Waals surface area (Å²) in [6.07, 6.45) is 0.845. The second-order valence-electron chi connectivity index (χ2n) is 5.41. The quantitative estimate of drug-likeness (QED) is 0.866. The summed E-state index contributed by atoms with van der Waals surface area (Å²) in [6, 6.07) is 7.24. The summed E-state index contributed by atoms with van der Waals surface area (Å²) >= 11 is 0. The summed E-state index contributed by atoms with van der Waals surface area (Å²) < 4.78 is 1.59. The molecule has 112 valence electrons. The molecule has 2 aromatic rings. The van der Waals surface area contributed by atoms with Crippen LogP contribution in [0.5, 0.6) is 0 Å². The lowest BCUT2D eigenvalue weighted by molar-refractivity contribution is 0.0696. The molecule has 1 aromatic heterocycles. The number of hydrogen-bond donors (Lipinski definition) is 0. The fourth-order valence-electron chi connectivity index (χ4n) is 2.44.